The smallest absolute Gasteiger partial charge is 0.0154 e. The Balaban J connectivity index is 2.25. The Morgan fingerprint density at radius 3 is 1.41 bits per heavy atom. The highest BCUT2D eigenvalue weighted by molar-refractivity contribution is 5.07. The lowest BCUT2D eigenvalue weighted by Crippen LogP contribution is -2.38. The van der Waals surface area contributed by atoms with E-state index in [2.05, 4.69) is 69.3 Å². The molecule has 0 heterocycles. The molecule has 1 saturated carbocycles. The lowest BCUT2D eigenvalue weighted by Gasteiger charge is -2.38. The summed E-state index contributed by atoms with van der Waals surface area (Å²) in [5.41, 5.74) is 1.59. The van der Waals surface area contributed by atoms with Gasteiger partial charge in [-0.1, -0.05) is 197 Å². The Hall–Kier alpha value is -1.08. The predicted molar refractivity (Wildman–Crippen MR) is 225 cm³/mol. The van der Waals surface area contributed by atoms with Crippen molar-refractivity contribution in [1.29, 1.82) is 0 Å². The topological polar surface area (TPSA) is 3.24 Å². The van der Waals surface area contributed by atoms with Gasteiger partial charge in [-0.2, -0.15) is 0 Å². The van der Waals surface area contributed by atoms with Crippen LogP contribution in [-0.2, 0) is 0 Å². The van der Waals surface area contributed by atoms with Crippen LogP contribution < -0.4 is 0 Å². The molecule has 0 spiro atoms. The van der Waals surface area contributed by atoms with Crippen LogP contribution in [0.2, 0.25) is 0 Å². The molecule has 0 aliphatic heterocycles. The summed E-state index contributed by atoms with van der Waals surface area (Å²) in [5.74, 6) is 1.59. The van der Waals surface area contributed by atoms with Crippen LogP contribution in [0.5, 0.6) is 0 Å². The van der Waals surface area contributed by atoms with Gasteiger partial charge in [0.2, 0.25) is 0 Å². The highest BCUT2D eigenvalue weighted by Gasteiger charge is 2.29. The molecule has 3 atom stereocenters. The van der Waals surface area contributed by atoms with E-state index in [1.165, 1.54) is 205 Å². The fourth-order valence-corrected chi connectivity index (χ4v) is 8.18. The minimum Gasteiger partial charge on any atom is -0.306 e. The molecule has 0 amide bonds. The summed E-state index contributed by atoms with van der Waals surface area (Å²) in [4.78, 5) is 2.50. The molecule has 0 aromatic rings. The Morgan fingerprint density at radius 1 is 0.531 bits per heavy atom. The Morgan fingerprint density at radius 2 is 0.918 bits per heavy atom. The quantitative estimate of drug-likeness (QED) is 0.0476. The summed E-state index contributed by atoms with van der Waals surface area (Å²) >= 11 is 0. The van der Waals surface area contributed by atoms with Gasteiger partial charge in [-0.05, 0) is 103 Å². The molecule has 1 nitrogen and oxygen atoms in total. The summed E-state index contributed by atoms with van der Waals surface area (Å²) in [6.45, 7) is 9.34. The first kappa shape index (κ1) is 45.9. The maximum Gasteiger partial charge on any atom is 0.0154 e. The van der Waals surface area contributed by atoms with Crippen molar-refractivity contribution < 1.29 is 0 Å². The van der Waals surface area contributed by atoms with Crippen LogP contribution in [0.25, 0.3) is 0 Å². The van der Waals surface area contributed by atoms with E-state index in [4.69, 9.17) is 6.58 Å². The average Bonchev–Trinajstić information content (AvgIpc) is 3.11. The highest BCUT2D eigenvalue weighted by atomic mass is 15.1. The van der Waals surface area contributed by atoms with Gasteiger partial charge in [0.1, 0.15) is 0 Å². The monoisotopic (exact) mass is 680 g/mol. The van der Waals surface area contributed by atoms with Crippen molar-refractivity contribution in [2.24, 2.45) is 11.8 Å². The highest BCUT2D eigenvalue weighted by Crippen LogP contribution is 2.36. The van der Waals surface area contributed by atoms with Crippen LogP contribution in [0.15, 0.2) is 48.6 Å². The second-order valence-electron chi connectivity index (χ2n) is 16.2. The Bertz CT molecular complexity index is 787. The Kier molecular flexibility index (Phi) is 33.1. The molecule has 286 valence electrons. The van der Waals surface area contributed by atoms with E-state index in [0.717, 1.165) is 18.3 Å². The van der Waals surface area contributed by atoms with E-state index in [0.29, 0.717) is 6.04 Å². The van der Waals surface area contributed by atoms with Crippen LogP contribution in [0.3, 0.4) is 0 Å². The van der Waals surface area contributed by atoms with Gasteiger partial charge in [0.25, 0.3) is 0 Å². The molecule has 0 N–H and O–H groups in total. The van der Waals surface area contributed by atoms with Crippen molar-refractivity contribution in [1.82, 2.24) is 4.90 Å². The van der Waals surface area contributed by atoms with E-state index in [1.54, 1.807) is 5.57 Å². The van der Waals surface area contributed by atoms with Crippen LogP contribution in [0, 0.1) is 11.8 Å². The van der Waals surface area contributed by atoms with Crippen molar-refractivity contribution in [3.8, 4) is 0 Å². The van der Waals surface area contributed by atoms with Gasteiger partial charge in [-0.15, -0.1) is 0 Å². The first-order chi connectivity index (χ1) is 24.1. The summed E-state index contributed by atoms with van der Waals surface area (Å²) in [6.07, 6.45) is 59.8. The van der Waals surface area contributed by atoms with Gasteiger partial charge in [-0.25, -0.2) is 0 Å². The van der Waals surface area contributed by atoms with Crippen LogP contribution in [-0.4, -0.2) is 25.0 Å². The zero-order valence-electron chi connectivity index (χ0n) is 34.2. The molecule has 0 bridgehead atoms. The number of hydrogen-bond acceptors (Lipinski definition) is 1. The fourth-order valence-electron chi connectivity index (χ4n) is 8.18. The average molecular weight is 680 g/mol. The number of allylic oxidation sites excluding steroid dienone is 6. The second kappa shape index (κ2) is 35.3. The third-order valence-corrected chi connectivity index (χ3v) is 11.4. The summed E-state index contributed by atoms with van der Waals surface area (Å²) < 4.78 is 0. The summed E-state index contributed by atoms with van der Waals surface area (Å²) in [5, 5.41) is 0. The van der Waals surface area contributed by atoms with E-state index in [9.17, 15) is 0 Å². The van der Waals surface area contributed by atoms with E-state index in [-0.39, 0.29) is 0 Å². The molecular weight excluding hydrogens is 591 g/mol. The van der Waals surface area contributed by atoms with Crippen LogP contribution >= 0.6 is 0 Å². The number of rotatable bonds is 35. The minimum absolute atomic E-state index is 0.717. The molecule has 49 heavy (non-hydrogen) atoms. The molecule has 1 fully saturated rings. The number of nitrogens with zero attached hydrogens (tertiary/aromatic N) is 1. The zero-order chi connectivity index (χ0) is 35.5. The number of hydrogen-bond donors (Lipinski definition) is 0. The fraction of sp³-hybridized carbons (Fsp3) is 0.833. The molecule has 0 saturated heterocycles. The normalized spacial score (nSPS) is 17.7. The molecular formula is C48H89N. The van der Waals surface area contributed by atoms with E-state index >= 15 is 0 Å². The van der Waals surface area contributed by atoms with Crippen LogP contribution in [0.4, 0.5) is 0 Å². The summed E-state index contributed by atoms with van der Waals surface area (Å²) in [6, 6.07) is 0.717. The first-order valence-corrected chi connectivity index (χ1v) is 22.4. The third-order valence-electron chi connectivity index (χ3n) is 11.4. The van der Waals surface area contributed by atoms with Crippen molar-refractivity contribution in [2.45, 2.75) is 232 Å². The maximum absolute atomic E-state index is 4.76. The van der Waals surface area contributed by atoms with Gasteiger partial charge in [-0.3, -0.25) is 0 Å². The molecule has 0 radical (unpaired) electrons. The maximum atomic E-state index is 4.76. The molecule has 1 aliphatic carbocycles. The molecule has 1 aliphatic rings. The summed E-state index contributed by atoms with van der Waals surface area (Å²) in [7, 11) is 4.59. The van der Waals surface area contributed by atoms with E-state index in [1.807, 2.05) is 0 Å². The largest absolute Gasteiger partial charge is 0.306 e. The molecule has 0 aromatic carbocycles. The molecule has 1 heteroatoms. The SMILES string of the molecule is C=C(CC(CCCCCCCC/C=C\C/C=C\CCCCC)CCCCCCCC/C=C\CCCCCCCC)C1CCCCC1N(C)C. The van der Waals surface area contributed by atoms with Crippen molar-refractivity contribution >= 4 is 0 Å². The third kappa shape index (κ3) is 28.2. The first-order valence-electron chi connectivity index (χ1n) is 22.4. The second-order valence-corrected chi connectivity index (χ2v) is 16.2. The lowest BCUT2D eigenvalue weighted by atomic mass is 9.76. The van der Waals surface area contributed by atoms with Crippen LogP contribution in [0.1, 0.15) is 226 Å². The molecule has 3 unspecified atom stereocenters. The van der Waals surface area contributed by atoms with Gasteiger partial charge >= 0.3 is 0 Å². The van der Waals surface area contributed by atoms with Crippen molar-refractivity contribution in [3.63, 3.8) is 0 Å². The standard InChI is InChI=1S/C48H89N/c1-6-8-10-12-14-16-18-20-22-24-26-28-30-32-34-36-40-46(44-45(3)47-42-38-39-43-48(47)49(4)5)41-37-35-33-31-29-27-25-23-21-19-17-15-13-11-9-7-2/h14,16,20-23,46-48H,3,6-13,15,17-19,24-44H2,1-2,4-5H3/b16-14-,22-20-,23-21-. The number of unbranched alkanes of at least 4 members (excludes halogenated alkanes) is 21. The van der Waals surface area contributed by atoms with Gasteiger partial charge in [0, 0.05) is 6.04 Å². The van der Waals surface area contributed by atoms with Gasteiger partial charge in [0.15, 0.2) is 0 Å². The zero-order valence-corrected chi connectivity index (χ0v) is 34.2. The van der Waals surface area contributed by atoms with Gasteiger partial charge in [0.05, 0.1) is 0 Å². The minimum atomic E-state index is 0.717. The predicted octanol–water partition coefficient (Wildman–Crippen LogP) is 16.3. The Labute approximate surface area is 310 Å². The van der Waals surface area contributed by atoms with Crippen molar-refractivity contribution in [3.05, 3.63) is 48.6 Å². The molecule has 1 rings (SSSR count). The van der Waals surface area contributed by atoms with Gasteiger partial charge < -0.3 is 4.90 Å². The molecule has 0 aromatic heterocycles. The van der Waals surface area contributed by atoms with E-state index < -0.39 is 0 Å². The van der Waals surface area contributed by atoms with Crippen molar-refractivity contribution in [2.75, 3.05) is 14.1 Å². The lowest BCUT2D eigenvalue weighted by molar-refractivity contribution is 0.172.